The molecule has 0 radical (unpaired) electrons. The molecule has 1 saturated heterocycles. The summed E-state index contributed by atoms with van der Waals surface area (Å²) in [5.74, 6) is 0.823. The number of benzene rings is 1. The first-order valence-electron chi connectivity index (χ1n) is 8.02. The van der Waals surface area contributed by atoms with E-state index in [0.717, 1.165) is 30.8 Å². The lowest BCUT2D eigenvalue weighted by molar-refractivity contribution is 0.00385. The molecule has 1 atom stereocenters. The first kappa shape index (κ1) is 16.6. The van der Waals surface area contributed by atoms with E-state index in [4.69, 9.17) is 9.47 Å². The Kier molecular flexibility index (Phi) is 6.52. The van der Waals surface area contributed by atoms with Gasteiger partial charge in [-0.3, -0.25) is 0 Å². The Balaban J connectivity index is 1.81. The van der Waals surface area contributed by atoms with E-state index < -0.39 is 0 Å². The molecule has 2 amide bonds. The van der Waals surface area contributed by atoms with Crippen molar-refractivity contribution in [3.63, 3.8) is 0 Å². The smallest absolute Gasteiger partial charge is 0.317 e. The standard InChI is InChI=1S/C17H26N2O3/c1-3-21-16-10-5-4-8-14(16)12-18-17(20)19(2)13-15-9-6-7-11-22-15/h4-5,8,10,15H,3,6-7,9,11-13H2,1-2H3,(H,18,20). The van der Waals surface area contributed by atoms with Crippen molar-refractivity contribution in [3.05, 3.63) is 29.8 Å². The SMILES string of the molecule is CCOc1ccccc1CNC(=O)N(C)CC1CCCCO1. The van der Waals surface area contributed by atoms with Crippen LogP contribution >= 0.6 is 0 Å². The predicted molar refractivity (Wildman–Crippen MR) is 86.1 cm³/mol. The molecule has 1 N–H and O–H groups in total. The number of ether oxygens (including phenoxy) is 2. The zero-order valence-corrected chi connectivity index (χ0v) is 13.5. The van der Waals surface area contributed by atoms with Gasteiger partial charge in [0.25, 0.3) is 0 Å². The van der Waals surface area contributed by atoms with E-state index in [1.807, 2.05) is 38.2 Å². The molecule has 1 unspecified atom stereocenters. The third-order valence-electron chi connectivity index (χ3n) is 3.80. The van der Waals surface area contributed by atoms with Gasteiger partial charge in [0.05, 0.1) is 12.7 Å². The fourth-order valence-electron chi connectivity index (χ4n) is 2.59. The van der Waals surface area contributed by atoms with Crippen molar-refractivity contribution < 1.29 is 14.3 Å². The molecule has 22 heavy (non-hydrogen) atoms. The highest BCUT2D eigenvalue weighted by molar-refractivity contribution is 5.73. The van der Waals surface area contributed by atoms with E-state index in [1.165, 1.54) is 6.42 Å². The lowest BCUT2D eigenvalue weighted by Crippen LogP contribution is -2.42. The van der Waals surface area contributed by atoms with E-state index in [9.17, 15) is 4.79 Å². The predicted octanol–water partition coefficient (Wildman–Crippen LogP) is 2.80. The lowest BCUT2D eigenvalue weighted by atomic mass is 10.1. The number of carbonyl (C=O) groups is 1. The maximum Gasteiger partial charge on any atom is 0.317 e. The highest BCUT2D eigenvalue weighted by Crippen LogP contribution is 2.18. The Morgan fingerprint density at radius 1 is 1.41 bits per heavy atom. The van der Waals surface area contributed by atoms with E-state index in [2.05, 4.69) is 5.32 Å². The molecule has 0 aromatic heterocycles. The molecule has 0 saturated carbocycles. The molecule has 1 aromatic rings. The Bertz CT molecular complexity index is 473. The number of nitrogens with one attached hydrogen (secondary N) is 1. The van der Waals surface area contributed by atoms with Gasteiger partial charge in [0, 0.05) is 32.3 Å². The van der Waals surface area contributed by atoms with Crippen LogP contribution in [0.3, 0.4) is 0 Å². The fourth-order valence-corrected chi connectivity index (χ4v) is 2.59. The van der Waals surface area contributed by atoms with Gasteiger partial charge in [-0.15, -0.1) is 0 Å². The Morgan fingerprint density at radius 3 is 2.95 bits per heavy atom. The van der Waals surface area contributed by atoms with Crippen molar-refractivity contribution in [3.8, 4) is 5.75 Å². The number of para-hydroxylation sites is 1. The minimum Gasteiger partial charge on any atom is -0.494 e. The lowest BCUT2D eigenvalue weighted by Gasteiger charge is -2.27. The summed E-state index contributed by atoms with van der Waals surface area (Å²) in [7, 11) is 1.81. The molecule has 0 aliphatic carbocycles. The maximum atomic E-state index is 12.2. The number of hydrogen-bond acceptors (Lipinski definition) is 3. The van der Waals surface area contributed by atoms with Crippen molar-refractivity contribution in [1.82, 2.24) is 10.2 Å². The van der Waals surface area contributed by atoms with Crippen LogP contribution in [0.15, 0.2) is 24.3 Å². The largest absolute Gasteiger partial charge is 0.494 e. The minimum atomic E-state index is -0.0829. The second-order valence-electron chi connectivity index (χ2n) is 5.57. The Hall–Kier alpha value is -1.75. The molecular formula is C17H26N2O3. The molecule has 1 aliphatic heterocycles. The summed E-state index contributed by atoms with van der Waals surface area (Å²) in [4.78, 5) is 13.9. The van der Waals surface area contributed by atoms with Crippen LogP contribution in [0.25, 0.3) is 0 Å². The average molecular weight is 306 g/mol. The highest BCUT2D eigenvalue weighted by Gasteiger charge is 2.18. The molecule has 2 rings (SSSR count). The summed E-state index contributed by atoms with van der Waals surface area (Å²) in [6.45, 7) is 4.48. The van der Waals surface area contributed by atoms with Crippen molar-refractivity contribution in [2.24, 2.45) is 0 Å². The molecule has 1 aromatic carbocycles. The summed E-state index contributed by atoms with van der Waals surface area (Å²) in [6.07, 6.45) is 3.51. The van der Waals surface area contributed by atoms with Gasteiger partial charge in [-0.2, -0.15) is 0 Å². The van der Waals surface area contributed by atoms with Gasteiger partial charge in [0.2, 0.25) is 0 Å². The number of nitrogens with zero attached hydrogens (tertiary/aromatic N) is 1. The van der Waals surface area contributed by atoms with Gasteiger partial charge >= 0.3 is 6.03 Å². The van der Waals surface area contributed by atoms with E-state index in [0.29, 0.717) is 19.7 Å². The molecule has 0 spiro atoms. The molecule has 0 bridgehead atoms. The van der Waals surface area contributed by atoms with Gasteiger partial charge in [-0.25, -0.2) is 4.79 Å². The molecule has 1 aliphatic rings. The number of urea groups is 1. The van der Waals surface area contributed by atoms with Gasteiger partial charge in [0.1, 0.15) is 5.75 Å². The Labute approximate surface area is 132 Å². The molecule has 1 fully saturated rings. The van der Waals surface area contributed by atoms with Crippen molar-refractivity contribution in [2.75, 3.05) is 26.8 Å². The maximum absolute atomic E-state index is 12.2. The van der Waals surface area contributed by atoms with E-state index >= 15 is 0 Å². The van der Waals surface area contributed by atoms with Crippen LogP contribution in [0, 0.1) is 0 Å². The number of hydrogen-bond donors (Lipinski definition) is 1. The van der Waals surface area contributed by atoms with Crippen LogP contribution in [-0.2, 0) is 11.3 Å². The molecule has 5 heteroatoms. The molecule has 122 valence electrons. The van der Waals surface area contributed by atoms with Gasteiger partial charge < -0.3 is 19.7 Å². The summed E-state index contributed by atoms with van der Waals surface area (Å²) in [6, 6.07) is 7.69. The number of rotatable bonds is 6. The first-order chi connectivity index (χ1) is 10.7. The third-order valence-corrected chi connectivity index (χ3v) is 3.80. The second kappa shape index (κ2) is 8.63. The minimum absolute atomic E-state index is 0.0829. The van der Waals surface area contributed by atoms with Crippen LogP contribution in [0.2, 0.25) is 0 Å². The van der Waals surface area contributed by atoms with Crippen molar-refractivity contribution in [1.29, 1.82) is 0 Å². The number of carbonyl (C=O) groups excluding carboxylic acids is 1. The zero-order valence-electron chi connectivity index (χ0n) is 13.5. The number of likely N-dealkylation sites (N-methyl/N-ethyl adjacent to an activating group) is 1. The average Bonchev–Trinajstić information content (AvgIpc) is 2.55. The second-order valence-corrected chi connectivity index (χ2v) is 5.57. The summed E-state index contributed by atoms with van der Waals surface area (Å²) < 4.78 is 11.2. The molecule has 1 heterocycles. The summed E-state index contributed by atoms with van der Waals surface area (Å²) >= 11 is 0. The van der Waals surface area contributed by atoms with Gasteiger partial charge in [-0.1, -0.05) is 18.2 Å². The van der Waals surface area contributed by atoms with Crippen LogP contribution in [0.1, 0.15) is 31.7 Å². The summed E-state index contributed by atoms with van der Waals surface area (Å²) in [5.41, 5.74) is 0.986. The van der Waals surface area contributed by atoms with Crippen LogP contribution in [-0.4, -0.2) is 43.8 Å². The van der Waals surface area contributed by atoms with Crippen LogP contribution in [0.4, 0.5) is 4.79 Å². The van der Waals surface area contributed by atoms with E-state index in [1.54, 1.807) is 4.90 Å². The van der Waals surface area contributed by atoms with Gasteiger partial charge in [-0.05, 0) is 32.3 Å². The fraction of sp³-hybridized carbons (Fsp3) is 0.588. The van der Waals surface area contributed by atoms with Crippen LogP contribution in [0.5, 0.6) is 5.75 Å². The monoisotopic (exact) mass is 306 g/mol. The quantitative estimate of drug-likeness (QED) is 0.879. The van der Waals surface area contributed by atoms with Crippen molar-refractivity contribution in [2.45, 2.75) is 38.8 Å². The highest BCUT2D eigenvalue weighted by atomic mass is 16.5. The van der Waals surface area contributed by atoms with Crippen LogP contribution < -0.4 is 10.1 Å². The van der Waals surface area contributed by atoms with E-state index in [-0.39, 0.29) is 12.1 Å². The molecule has 5 nitrogen and oxygen atoms in total. The first-order valence-corrected chi connectivity index (χ1v) is 8.02. The zero-order chi connectivity index (χ0) is 15.8. The van der Waals surface area contributed by atoms with Crippen molar-refractivity contribution >= 4 is 6.03 Å². The Morgan fingerprint density at radius 2 is 2.23 bits per heavy atom. The topological polar surface area (TPSA) is 50.8 Å². The summed E-state index contributed by atoms with van der Waals surface area (Å²) in [5, 5.41) is 2.94. The van der Waals surface area contributed by atoms with Gasteiger partial charge in [0.15, 0.2) is 0 Å². The molecular weight excluding hydrogens is 280 g/mol. The third kappa shape index (κ3) is 4.91. The number of amides is 2. The normalized spacial score (nSPS) is 17.8.